The van der Waals surface area contributed by atoms with E-state index in [1.165, 1.54) is 0 Å². The Labute approximate surface area is 144 Å². The van der Waals surface area contributed by atoms with Crippen molar-refractivity contribution in [3.05, 3.63) is 0 Å². The molecule has 0 aromatic heterocycles. The Morgan fingerprint density at radius 3 is 2.57 bits per heavy atom. The number of hydrogen-bond donors (Lipinski definition) is 2. The predicted molar refractivity (Wildman–Crippen MR) is 93.9 cm³/mol. The van der Waals surface area contributed by atoms with Crippen molar-refractivity contribution in [2.45, 2.75) is 94.4 Å². The van der Waals surface area contributed by atoms with Crippen molar-refractivity contribution in [2.24, 2.45) is 22.6 Å². The molecular weight excluding hydrogens is 312 g/mol. The molecule has 6 atom stereocenters. The summed E-state index contributed by atoms with van der Waals surface area (Å²) in [5, 5.41) is 11.8. The summed E-state index contributed by atoms with van der Waals surface area (Å²) >= 11 is 6.41. The Kier molecular flexibility index (Phi) is 4.72. The number of aliphatic imine (C=N–C) groups is 1. The van der Waals surface area contributed by atoms with Gasteiger partial charge in [-0.15, -0.1) is 11.6 Å². The molecule has 1 aliphatic heterocycles. The molecule has 0 saturated heterocycles. The Morgan fingerprint density at radius 2 is 1.87 bits per heavy atom. The van der Waals surface area contributed by atoms with Crippen molar-refractivity contribution in [1.82, 2.24) is 0 Å². The SMILES string of the molecule is CC(C)(C)OC1CCCCC1C1(O)C(N)=NC2CCC(Cl)CC21. The second-order valence-corrected chi connectivity index (χ2v) is 9.20. The van der Waals surface area contributed by atoms with E-state index < -0.39 is 5.60 Å². The number of nitrogens with two attached hydrogens (primary N) is 1. The van der Waals surface area contributed by atoms with Crippen molar-refractivity contribution in [1.29, 1.82) is 0 Å². The molecule has 2 aliphatic carbocycles. The van der Waals surface area contributed by atoms with Crippen LogP contribution in [0.1, 0.15) is 65.7 Å². The molecule has 132 valence electrons. The topological polar surface area (TPSA) is 67.8 Å². The van der Waals surface area contributed by atoms with Gasteiger partial charge < -0.3 is 15.6 Å². The fourth-order valence-corrected chi connectivity index (χ4v) is 5.18. The summed E-state index contributed by atoms with van der Waals surface area (Å²) in [6, 6.07) is 0.132. The zero-order valence-corrected chi connectivity index (χ0v) is 15.4. The van der Waals surface area contributed by atoms with Crippen molar-refractivity contribution in [3.8, 4) is 0 Å². The van der Waals surface area contributed by atoms with Crippen LogP contribution in [0.4, 0.5) is 0 Å². The first-order chi connectivity index (χ1) is 10.7. The number of alkyl halides is 1. The number of ether oxygens (including phenoxy) is 1. The number of hydrogen-bond acceptors (Lipinski definition) is 4. The molecule has 0 spiro atoms. The second kappa shape index (κ2) is 6.20. The van der Waals surface area contributed by atoms with E-state index in [0.29, 0.717) is 5.84 Å². The summed E-state index contributed by atoms with van der Waals surface area (Å²) in [7, 11) is 0. The van der Waals surface area contributed by atoms with Crippen LogP contribution in [0, 0.1) is 11.8 Å². The van der Waals surface area contributed by atoms with E-state index in [4.69, 9.17) is 22.1 Å². The molecule has 1 heterocycles. The largest absolute Gasteiger partial charge is 0.385 e. The fraction of sp³-hybridized carbons (Fsp3) is 0.944. The van der Waals surface area contributed by atoms with E-state index in [9.17, 15) is 5.11 Å². The number of aliphatic hydroxyl groups is 1. The highest BCUT2D eigenvalue weighted by atomic mass is 35.5. The Balaban J connectivity index is 1.88. The van der Waals surface area contributed by atoms with Crippen LogP contribution in [-0.4, -0.2) is 39.7 Å². The Bertz CT molecular complexity index is 476. The molecule has 0 aromatic rings. The molecule has 6 unspecified atom stereocenters. The zero-order valence-electron chi connectivity index (χ0n) is 14.6. The Morgan fingerprint density at radius 1 is 1.17 bits per heavy atom. The number of rotatable bonds is 2. The number of amidine groups is 1. The van der Waals surface area contributed by atoms with Gasteiger partial charge in [-0.05, 0) is 52.9 Å². The van der Waals surface area contributed by atoms with Gasteiger partial charge in [0.25, 0.3) is 0 Å². The second-order valence-electron chi connectivity index (χ2n) is 8.58. The molecular formula is C18H31ClN2O2. The maximum absolute atomic E-state index is 11.7. The lowest BCUT2D eigenvalue weighted by Gasteiger charge is -2.47. The molecule has 0 amide bonds. The monoisotopic (exact) mass is 342 g/mol. The summed E-state index contributed by atoms with van der Waals surface area (Å²) in [6.45, 7) is 6.23. The number of nitrogens with zero attached hydrogens (tertiary/aromatic N) is 1. The van der Waals surface area contributed by atoms with Gasteiger partial charge >= 0.3 is 0 Å². The summed E-state index contributed by atoms with van der Waals surface area (Å²) in [6.07, 6.45) is 6.93. The molecule has 3 aliphatic rings. The molecule has 2 saturated carbocycles. The van der Waals surface area contributed by atoms with Gasteiger partial charge in [0, 0.05) is 17.2 Å². The van der Waals surface area contributed by atoms with Crippen LogP contribution in [0.15, 0.2) is 4.99 Å². The van der Waals surface area contributed by atoms with E-state index in [0.717, 1.165) is 44.9 Å². The van der Waals surface area contributed by atoms with Crippen LogP contribution < -0.4 is 5.73 Å². The van der Waals surface area contributed by atoms with Crippen LogP contribution in [0.25, 0.3) is 0 Å². The smallest absolute Gasteiger partial charge is 0.131 e. The standard InChI is InChI=1S/C18H31ClN2O2/c1-17(2,3)23-15-7-5-4-6-12(15)18(22)13-10-11(19)8-9-14(13)21-16(18)20/h11-15,22H,4-10H2,1-3H3,(H2,20,21). The first-order valence-electron chi connectivity index (χ1n) is 9.10. The highest BCUT2D eigenvalue weighted by Gasteiger charge is 2.58. The number of halogens is 1. The molecule has 0 radical (unpaired) electrons. The fourth-order valence-electron chi connectivity index (χ4n) is 4.86. The van der Waals surface area contributed by atoms with Crippen LogP contribution in [0.3, 0.4) is 0 Å². The van der Waals surface area contributed by atoms with Crippen LogP contribution in [0.5, 0.6) is 0 Å². The quantitative estimate of drug-likeness (QED) is 0.757. The molecule has 3 rings (SSSR count). The van der Waals surface area contributed by atoms with Gasteiger partial charge in [0.05, 0.1) is 17.7 Å². The molecule has 3 N–H and O–H groups in total. The lowest BCUT2D eigenvalue weighted by atomic mass is 9.65. The van der Waals surface area contributed by atoms with E-state index in [1.54, 1.807) is 0 Å². The molecule has 0 aromatic carbocycles. The predicted octanol–water partition coefficient (Wildman–Crippen LogP) is 3.24. The normalized spacial score (nSPS) is 44.7. The summed E-state index contributed by atoms with van der Waals surface area (Å²) in [5.41, 5.74) is 5.01. The van der Waals surface area contributed by atoms with Gasteiger partial charge in [0.15, 0.2) is 0 Å². The van der Waals surface area contributed by atoms with Crippen molar-refractivity contribution in [2.75, 3.05) is 0 Å². The molecule has 4 nitrogen and oxygen atoms in total. The zero-order chi connectivity index (χ0) is 16.8. The highest BCUT2D eigenvalue weighted by molar-refractivity contribution is 6.20. The van der Waals surface area contributed by atoms with E-state index in [-0.39, 0.29) is 35.0 Å². The van der Waals surface area contributed by atoms with E-state index in [1.807, 2.05) is 0 Å². The average Bonchev–Trinajstić information content (AvgIpc) is 2.71. The molecule has 5 heteroatoms. The minimum Gasteiger partial charge on any atom is -0.385 e. The average molecular weight is 343 g/mol. The molecule has 2 fully saturated rings. The first kappa shape index (κ1) is 17.5. The highest BCUT2D eigenvalue weighted by Crippen LogP contribution is 2.49. The summed E-state index contributed by atoms with van der Waals surface area (Å²) in [4.78, 5) is 4.63. The van der Waals surface area contributed by atoms with Gasteiger partial charge in [0.2, 0.25) is 0 Å². The van der Waals surface area contributed by atoms with Gasteiger partial charge in [-0.25, -0.2) is 0 Å². The minimum atomic E-state index is -1.05. The van der Waals surface area contributed by atoms with Crippen molar-refractivity contribution < 1.29 is 9.84 Å². The van der Waals surface area contributed by atoms with E-state index >= 15 is 0 Å². The third kappa shape index (κ3) is 3.27. The van der Waals surface area contributed by atoms with Crippen LogP contribution in [0.2, 0.25) is 0 Å². The van der Waals surface area contributed by atoms with Gasteiger partial charge in [-0.1, -0.05) is 12.8 Å². The molecule has 23 heavy (non-hydrogen) atoms. The Hall–Kier alpha value is -0.320. The van der Waals surface area contributed by atoms with Crippen LogP contribution in [-0.2, 0) is 4.74 Å². The third-order valence-corrected chi connectivity index (χ3v) is 6.20. The van der Waals surface area contributed by atoms with Gasteiger partial charge in [-0.2, -0.15) is 0 Å². The summed E-state index contributed by atoms with van der Waals surface area (Å²) in [5.74, 6) is 0.497. The first-order valence-corrected chi connectivity index (χ1v) is 9.53. The molecule has 0 bridgehead atoms. The maximum Gasteiger partial charge on any atom is 0.131 e. The third-order valence-electron chi connectivity index (χ3n) is 5.80. The van der Waals surface area contributed by atoms with Crippen molar-refractivity contribution in [3.63, 3.8) is 0 Å². The summed E-state index contributed by atoms with van der Waals surface area (Å²) < 4.78 is 6.32. The van der Waals surface area contributed by atoms with E-state index in [2.05, 4.69) is 25.8 Å². The van der Waals surface area contributed by atoms with Gasteiger partial charge in [0.1, 0.15) is 11.4 Å². The minimum absolute atomic E-state index is 0.0243. The number of fused-ring (bicyclic) bond motifs is 1. The lowest BCUT2D eigenvalue weighted by Crippen LogP contribution is -2.59. The maximum atomic E-state index is 11.7. The van der Waals surface area contributed by atoms with Gasteiger partial charge in [-0.3, -0.25) is 4.99 Å². The lowest BCUT2D eigenvalue weighted by molar-refractivity contribution is -0.147. The van der Waals surface area contributed by atoms with Crippen LogP contribution >= 0.6 is 11.6 Å². The van der Waals surface area contributed by atoms with Crippen molar-refractivity contribution >= 4 is 17.4 Å².